The van der Waals surface area contributed by atoms with Crippen LogP contribution < -0.4 is 5.76 Å². The molecule has 0 radical (unpaired) electrons. The summed E-state index contributed by atoms with van der Waals surface area (Å²) in [5.74, 6) is -0.311. The lowest BCUT2D eigenvalue weighted by atomic mass is 10.2. The van der Waals surface area contributed by atoms with Crippen LogP contribution in [0.1, 0.15) is 26.3 Å². The molecule has 6 nitrogen and oxygen atoms in total. The Morgan fingerprint density at radius 1 is 1.25 bits per heavy atom. The van der Waals surface area contributed by atoms with Crippen molar-refractivity contribution in [1.29, 1.82) is 0 Å². The zero-order valence-electron chi connectivity index (χ0n) is 15.1. The van der Waals surface area contributed by atoms with Crippen LogP contribution in [-0.4, -0.2) is 25.6 Å². The number of oxazole rings is 1. The van der Waals surface area contributed by atoms with Crippen molar-refractivity contribution in [1.82, 2.24) is 4.57 Å². The molecule has 0 aliphatic heterocycles. The Hall–Kier alpha value is -1.95. The first-order chi connectivity index (χ1) is 11.0. The van der Waals surface area contributed by atoms with Gasteiger partial charge in [0.1, 0.15) is 0 Å². The second-order valence-corrected chi connectivity index (χ2v) is 12.0. The van der Waals surface area contributed by atoms with Gasteiger partial charge >= 0.3 is 11.9 Å². The van der Waals surface area contributed by atoms with E-state index in [4.69, 9.17) is 18.4 Å². The van der Waals surface area contributed by atoms with Gasteiger partial charge in [-0.2, -0.15) is 9.59 Å². The molecule has 24 heavy (non-hydrogen) atoms. The fourth-order valence-corrected chi connectivity index (χ4v) is 3.03. The lowest BCUT2D eigenvalue weighted by Gasteiger charge is -2.36. The van der Waals surface area contributed by atoms with Crippen molar-refractivity contribution in [2.45, 2.75) is 52.4 Å². The van der Waals surface area contributed by atoms with Crippen molar-refractivity contribution in [3.05, 3.63) is 34.3 Å². The van der Waals surface area contributed by atoms with E-state index in [1.165, 1.54) is 0 Å². The Kier molecular flexibility index (Phi) is 6.48. The summed E-state index contributed by atoms with van der Waals surface area (Å²) in [6.07, 6.45) is 0.250. The van der Waals surface area contributed by atoms with E-state index in [1.54, 1.807) is 4.57 Å². The van der Waals surface area contributed by atoms with Crippen LogP contribution in [-0.2, 0) is 20.6 Å². The number of carbonyl (C=O) groups excluding carboxylic acids is 2. The molecule has 0 atom stereocenters. The van der Waals surface area contributed by atoms with Crippen LogP contribution in [0.25, 0.3) is 11.1 Å². The number of aryl methyl sites for hydroxylation is 1. The van der Waals surface area contributed by atoms with Crippen molar-refractivity contribution in [2.24, 2.45) is 0 Å². The summed E-state index contributed by atoms with van der Waals surface area (Å²) in [7, 11) is -1.78. The average Bonchev–Trinajstić information content (AvgIpc) is 2.73. The van der Waals surface area contributed by atoms with Gasteiger partial charge in [0, 0.05) is 0 Å². The van der Waals surface area contributed by atoms with E-state index in [0.29, 0.717) is 18.7 Å². The summed E-state index contributed by atoms with van der Waals surface area (Å²) in [4.78, 5) is 28.2. The molecule has 2 aromatic rings. The summed E-state index contributed by atoms with van der Waals surface area (Å²) >= 11 is 0. The third kappa shape index (κ3) is 4.77. The van der Waals surface area contributed by atoms with Gasteiger partial charge in [0.15, 0.2) is 13.9 Å². The number of aromatic nitrogens is 1. The van der Waals surface area contributed by atoms with Crippen molar-refractivity contribution < 1.29 is 18.4 Å². The van der Waals surface area contributed by atoms with E-state index in [-0.39, 0.29) is 16.9 Å². The van der Waals surface area contributed by atoms with E-state index < -0.39 is 8.32 Å². The summed E-state index contributed by atoms with van der Waals surface area (Å²) in [6.45, 7) is 14.1. The molecule has 0 amide bonds. The predicted molar refractivity (Wildman–Crippen MR) is 93.4 cm³/mol. The summed E-state index contributed by atoms with van der Waals surface area (Å²) in [5.41, 5.74) is 2.57. The molecule has 0 fully saturated rings. The van der Waals surface area contributed by atoms with Gasteiger partial charge in [-0.05, 0) is 42.8 Å². The Morgan fingerprint density at radius 3 is 2.38 bits per heavy atom. The third-order valence-corrected chi connectivity index (χ3v) is 8.95. The Bertz CT molecular complexity index is 776. The highest BCUT2D eigenvalue weighted by molar-refractivity contribution is 6.74. The van der Waals surface area contributed by atoms with Gasteiger partial charge < -0.3 is 8.84 Å². The molecule has 2 rings (SSSR count). The molecule has 0 unspecified atom stereocenters. The molecular weight excluding hydrogens is 326 g/mol. The first kappa shape index (κ1) is 20.1. The number of hydrogen-bond acceptors (Lipinski definition) is 5. The summed E-state index contributed by atoms with van der Waals surface area (Å²) in [5, 5.41) is 0.174. The number of rotatable bonds is 4. The van der Waals surface area contributed by atoms with Gasteiger partial charge in [0.05, 0.1) is 18.7 Å². The fourth-order valence-electron chi connectivity index (χ4n) is 1.99. The fraction of sp³-hybridized carbons (Fsp3) is 0.529. The Balaban J connectivity index is 0.000000891. The highest BCUT2D eigenvalue weighted by Gasteiger charge is 2.36. The van der Waals surface area contributed by atoms with E-state index in [9.17, 15) is 4.79 Å². The lowest BCUT2D eigenvalue weighted by molar-refractivity contribution is -0.191. The summed E-state index contributed by atoms with van der Waals surface area (Å²) < 4.78 is 13.1. The highest BCUT2D eigenvalue weighted by Crippen LogP contribution is 2.36. The molecule has 0 saturated heterocycles. The molecule has 0 bridgehead atoms. The minimum atomic E-state index is -1.78. The van der Waals surface area contributed by atoms with Crippen LogP contribution in [0, 0.1) is 6.92 Å². The number of benzene rings is 1. The molecular formula is C17H25NO5Si. The molecule has 1 aromatic heterocycles. The van der Waals surface area contributed by atoms with Gasteiger partial charge in [-0.15, -0.1) is 0 Å². The molecule has 0 aliphatic carbocycles. The standard InChI is InChI=1S/C16H25NO3Si.CO2/c1-12-7-8-13-14(11-12)20-15(18)17(13)9-10-19-21(5,6)16(2,3)4;2-1-3/h7-8,11H,9-10H2,1-6H3;. The van der Waals surface area contributed by atoms with Crippen molar-refractivity contribution in [3.63, 3.8) is 0 Å². The van der Waals surface area contributed by atoms with Crippen molar-refractivity contribution in [2.75, 3.05) is 6.61 Å². The number of nitrogens with zero attached hydrogens (tertiary/aromatic N) is 1. The number of fused-ring (bicyclic) bond motifs is 1. The minimum absolute atomic E-state index is 0.174. The normalized spacial score (nSPS) is 11.8. The van der Waals surface area contributed by atoms with Gasteiger partial charge in [-0.25, -0.2) is 4.79 Å². The van der Waals surface area contributed by atoms with Crippen LogP contribution in [0.2, 0.25) is 18.1 Å². The zero-order chi connectivity index (χ0) is 18.5. The van der Waals surface area contributed by atoms with E-state index in [0.717, 1.165) is 11.1 Å². The maximum Gasteiger partial charge on any atom is 0.420 e. The molecule has 7 heteroatoms. The van der Waals surface area contributed by atoms with E-state index in [1.807, 2.05) is 25.1 Å². The van der Waals surface area contributed by atoms with Gasteiger partial charge in [0.2, 0.25) is 0 Å². The predicted octanol–water partition coefficient (Wildman–Crippen LogP) is 3.34. The summed E-state index contributed by atoms with van der Waals surface area (Å²) in [6, 6.07) is 5.81. The third-order valence-electron chi connectivity index (χ3n) is 4.41. The molecule has 132 valence electrons. The van der Waals surface area contributed by atoms with Crippen LogP contribution in [0.3, 0.4) is 0 Å². The lowest BCUT2D eigenvalue weighted by Crippen LogP contribution is -2.41. The second kappa shape index (κ2) is 7.74. The van der Waals surface area contributed by atoms with Crippen molar-refractivity contribution >= 4 is 25.6 Å². The average molecular weight is 351 g/mol. The van der Waals surface area contributed by atoms with Crippen LogP contribution >= 0.6 is 0 Å². The highest BCUT2D eigenvalue weighted by atomic mass is 28.4. The molecule has 1 aromatic carbocycles. The molecule has 0 spiro atoms. The minimum Gasteiger partial charge on any atom is -0.415 e. The van der Waals surface area contributed by atoms with Crippen molar-refractivity contribution in [3.8, 4) is 0 Å². The topological polar surface area (TPSA) is 78.5 Å². The quantitative estimate of drug-likeness (QED) is 0.789. The van der Waals surface area contributed by atoms with E-state index in [2.05, 4.69) is 33.9 Å². The van der Waals surface area contributed by atoms with Gasteiger partial charge in [0.25, 0.3) is 0 Å². The monoisotopic (exact) mass is 351 g/mol. The zero-order valence-corrected chi connectivity index (χ0v) is 16.1. The van der Waals surface area contributed by atoms with E-state index >= 15 is 0 Å². The maximum absolute atomic E-state index is 12.0. The largest absolute Gasteiger partial charge is 0.420 e. The molecule has 0 N–H and O–H groups in total. The Labute approximate surface area is 142 Å². The first-order valence-electron chi connectivity index (χ1n) is 7.76. The van der Waals surface area contributed by atoms with Crippen LogP contribution in [0.5, 0.6) is 0 Å². The second-order valence-electron chi connectivity index (χ2n) is 7.18. The molecule has 0 aliphatic rings. The Morgan fingerprint density at radius 2 is 1.83 bits per heavy atom. The van der Waals surface area contributed by atoms with Crippen LogP contribution in [0.4, 0.5) is 0 Å². The SMILES string of the molecule is Cc1ccc2c(c1)oc(=O)n2CCO[Si](C)(C)C(C)(C)C.O=C=O. The number of hydrogen-bond donors (Lipinski definition) is 0. The smallest absolute Gasteiger partial charge is 0.415 e. The van der Waals surface area contributed by atoms with Gasteiger partial charge in [-0.1, -0.05) is 26.8 Å². The first-order valence-corrected chi connectivity index (χ1v) is 10.7. The molecule has 1 heterocycles. The van der Waals surface area contributed by atoms with Gasteiger partial charge in [-0.3, -0.25) is 4.57 Å². The molecule has 0 saturated carbocycles. The van der Waals surface area contributed by atoms with Crippen LogP contribution in [0.15, 0.2) is 27.4 Å². The maximum atomic E-state index is 12.0.